The molecule has 0 aliphatic carbocycles. The number of esters is 1. The van der Waals surface area contributed by atoms with Crippen LogP contribution in [0, 0.1) is 0 Å². The molecule has 0 radical (unpaired) electrons. The van der Waals surface area contributed by atoms with Crippen molar-refractivity contribution < 1.29 is 23.9 Å². The van der Waals surface area contributed by atoms with Gasteiger partial charge in [-0.15, -0.1) is 11.3 Å². The molecular formula is C20H22N2O5S2. The molecule has 0 unspecified atom stereocenters. The maximum absolute atomic E-state index is 12.4. The summed E-state index contributed by atoms with van der Waals surface area (Å²) in [5, 5.41) is 2.80. The maximum Gasteiger partial charge on any atom is 0.350 e. The first kappa shape index (κ1) is 21.2. The molecule has 1 aliphatic heterocycles. The van der Waals surface area contributed by atoms with Crippen LogP contribution < -0.4 is 10.1 Å². The van der Waals surface area contributed by atoms with E-state index < -0.39 is 5.97 Å². The van der Waals surface area contributed by atoms with Crippen LogP contribution in [0.4, 0.5) is 10.5 Å². The van der Waals surface area contributed by atoms with Crippen molar-refractivity contribution in [2.75, 3.05) is 37.9 Å². The van der Waals surface area contributed by atoms with Gasteiger partial charge in [0.05, 0.1) is 19.4 Å². The van der Waals surface area contributed by atoms with E-state index in [0.29, 0.717) is 23.7 Å². The van der Waals surface area contributed by atoms with Crippen LogP contribution in [0.15, 0.2) is 30.3 Å². The molecule has 1 fully saturated rings. The van der Waals surface area contributed by atoms with E-state index in [1.807, 2.05) is 24.3 Å². The topological polar surface area (TPSA) is 84.9 Å². The molecular weight excluding hydrogens is 412 g/mol. The number of carbonyl (C=O) groups is 3. The van der Waals surface area contributed by atoms with Gasteiger partial charge in [-0.2, -0.15) is 0 Å². The van der Waals surface area contributed by atoms with Crippen molar-refractivity contribution in [3.8, 4) is 16.2 Å². The highest BCUT2D eigenvalue weighted by Crippen LogP contribution is 2.36. The molecule has 1 saturated heterocycles. The number of ether oxygens (including phenoxy) is 2. The van der Waals surface area contributed by atoms with E-state index in [1.165, 1.54) is 23.1 Å². The third-order valence-corrected chi connectivity index (χ3v) is 6.35. The van der Waals surface area contributed by atoms with Crippen molar-refractivity contribution >= 4 is 45.9 Å². The Labute approximate surface area is 177 Å². The fourth-order valence-corrected chi connectivity index (χ4v) is 4.67. The number of nitrogens with zero attached hydrogens (tertiary/aromatic N) is 1. The molecule has 2 heterocycles. The first-order chi connectivity index (χ1) is 14.0. The Morgan fingerprint density at radius 3 is 2.62 bits per heavy atom. The monoisotopic (exact) mass is 434 g/mol. The first-order valence-electron chi connectivity index (χ1n) is 9.18. The Bertz CT molecular complexity index is 895. The minimum absolute atomic E-state index is 0.00216. The molecule has 154 valence electrons. The molecule has 1 aliphatic rings. The van der Waals surface area contributed by atoms with Gasteiger partial charge in [0.1, 0.15) is 10.6 Å². The highest BCUT2D eigenvalue weighted by atomic mass is 32.2. The van der Waals surface area contributed by atoms with Crippen LogP contribution in [-0.2, 0) is 9.53 Å². The summed E-state index contributed by atoms with van der Waals surface area (Å²) in [6.07, 6.45) is 0.169. The SMILES string of the molecule is CCOC(=O)c1sc(-c2ccc(OC)cc2)cc1NC(=O)CCN1CCSC1=O. The molecule has 0 spiro atoms. The van der Waals surface area contributed by atoms with E-state index in [1.54, 1.807) is 25.0 Å². The summed E-state index contributed by atoms with van der Waals surface area (Å²) >= 11 is 2.53. The minimum Gasteiger partial charge on any atom is -0.497 e. The summed E-state index contributed by atoms with van der Waals surface area (Å²) in [5.41, 5.74) is 1.33. The molecule has 9 heteroatoms. The molecule has 1 aromatic carbocycles. The van der Waals surface area contributed by atoms with Crippen molar-refractivity contribution in [1.82, 2.24) is 4.90 Å². The number of rotatable bonds is 8. The smallest absolute Gasteiger partial charge is 0.350 e. The van der Waals surface area contributed by atoms with Crippen LogP contribution >= 0.6 is 23.1 Å². The number of methoxy groups -OCH3 is 1. The number of benzene rings is 1. The molecule has 0 saturated carbocycles. The highest BCUT2D eigenvalue weighted by molar-refractivity contribution is 8.13. The van der Waals surface area contributed by atoms with Gasteiger partial charge >= 0.3 is 5.97 Å². The number of thioether (sulfide) groups is 1. The van der Waals surface area contributed by atoms with E-state index in [9.17, 15) is 14.4 Å². The fourth-order valence-electron chi connectivity index (χ4n) is 2.81. The fraction of sp³-hybridized carbons (Fsp3) is 0.350. The Morgan fingerprint density at radius 2 is 2.00 bits per heavy atom. The van der Waals surface area contributed by atoms with Crippen LogP contribution in [0.25, 0.3) is 10.4 Å². The minimum atomic E-state index is -0.473. The molecule has 0 bridgehead atoms. The summed E-state index contributed by atoms with van der Waals surface area (Å²) in [6.45, 7) is 3.00. The predicted molar refractivity (Wildman–Crippen MR) is 115 cm³/mol. The van der Waals surface area contributed by atoms with E-state index in [4.69, 9.17) is 9.47 Å². The van der Waals surface area contributed by atoms with Gasteiger partial charge in [-0.05, 0) is 42.8 Å². The van der Waals surface area contributed by atoms with Gasteiger partial charge in [0.25, 0.3) is 5.24 Å². The van der Waals surface area contributed by atoms with Gasteiger partial charge < -0.3 is 19.7 Å². The third-order valence-electron chi connectivity index (χ3n) is 4.30. The predicted octanol–water partition coefficient (Wildman–Crippen LogP) is 4.10. The van der Waals surface area contributed by atoms with Gasteiger partial charge in [0, 0.05) is 30.1 Å². The van der Waals surface area contributed by atoms with Crippen LogP contribution in [0.1, 0.15) is 23.0 Å². The van der Waals surface area contributed by atoms with Gasteiger partial charge in [0.15, 0.2) is 0 Å². The van der Waals surface area contributed by atoms with Gasteiger partial charge in [-0.1, -0.05) is 11.8 Å². The molecule has 0 atom stereocenters. The second-order valence-electron chi connectivity index (χ2n) is 6.20. The van der Waals surface area contributed by atoms with E-state index >= 15 is 0 Å². The van der Waals surface area contributed by atoms with Crippen molar-refractivity contribution in [2.24, 2.45) is 0 Å². The second-order valence-corrected chi connectivity index (χ2v) is 8.30. The molecule has 1 N–H and O–H groups in total. The first-order valence-corrected chi connectivity index (χ1v) is 11.0. The van der Waals surface area contributed by atoms with E-state index in [-0.39, 0.29) is 24.2 Å². The summed E-state index contributed by atoms with van der Waals surface area (Å²) in [4.78, 5) is 39.3. The summed E-state index contributed by atoms with van der Waals surface area (Å²) in [6, 6.07) is 9.22. The largest absolute Gasteiger partial charge is 0.497 e. The quantitative estimate of drug-likeness (QED) is 0.630. The van der Waals surface area contributed by atoms with Crippen LogP contribution in [0.5, 0.6) is 5.75 Å². The Balaban J connectivity index is 1.75. The average molecular weight is 435 g/mol. The number of hydrogen-bond donors (Lipinski definition) is 1. The normalized spacial score (nSPS) is 13.4. The lowest BCUT2D eigenvalue weighted by Gasteiger charge is -2.13. The second kappa shape index (κ2) is 9.80. The lowest BCUT2D eigenvalue weighted by molar-refractivity contribution is -0.116. The van der Waals surface area contributed by atoms with E-state index in [0.717, 1.165) is 21.9 Å². The molecule has 7 nitrogen and oxygen atoms in total. The third kappa shape index (κ3) is 5.30. The van der Waals surface area contributed by atoms with Crippen LogP contribution in [0.3, 0.4) is 0 Å². The molecule has 2 aromatic rings. The lowest BCUT2D eigenvalue weighted by atomic mass is 10.2. The summed E-state index contributed by atoms with van der Waals surface area (Å²) < 4.78 is 10.3. The average Bonchev–Trinajstić information content (AvgIpc) is 3.33. The van der Waals surface area contributed by atoms with Gasteiger partial charge in [-0.25, -0.2) is 4.79 Å². The number of amides is 2. The van der Waals surface area contributed by atoms with Gasteiger partial charge in [0.2, 0.25) is 5.91 Å². The zero-order valence-corrected chi connectivity index (χ0v) is 17.9. The summed E-state index contributed by atoms with van der Waals surface area (Å²) in [7, 11) is 1.60. The molecule has 3 rings (SSSR count). The van der Waals surface area contributed by atoms with Crippen molar-refractivity contribution in [1.29, 1.82) is 0 Å². The number of anilines is 1. The Hall–Kier alpha value is -2.52. The van der Waals surface area contributed by atoms with Crippen molar-refractivity contribution in [2.45, 2.75) is 13.3 Å². The van der Waals surface area contributed by atoms with Gasteiger partial charge in [-0.3, -0.25) is 9.59 Å². The lowest BCUT2D eigenvalue weighted by Crippen LogP contribution is -2.27. The molecule has 2 amide bonds. The highest BCUT2D eigenvalue weighted by Gasteiger charge is 2.23. The van der Waals surface area contributed by atoms with Crippen LogP contribution in [-0.4, -0.2) is 54.6 Å². The Morgan fingerprint density at radius 1 is 1.24 bits per heavy atom. The number of nitrogens with one attached hydrogen (secondary N) is 1. The van der Waals surface area contributed by atoms with Crippen molar-refractivity contribution in [3.05, 3.63) is 35.2 Å². The number of hydrogen-bond acceptors (Lipinski definition) is 7. The maximum atomic E-state index is 12.4. The molecule has 29 heavy (non-hydrogen) atoms. The standard InChI is InChI=1S/C20H22N2O5S2/c1-3-27-19(24)18-15(21-17(23)8-9-22-10-11-28-20(22)25)12-16(29-18)13-4-6-14(26-2)7-5-13/h4-7,12H,3,8-11H2,1-2H3,(H,21,23). The number of thiophene rings is 1. The van der Waals surface area contributed by atoms with Crippen LogP contribution in [0.2, 0.25) is 0 Å². The summed E-state index contributed by atoms with van der Waals surface area (Å²) in [5.74, 6) is 0.764. The molecule has 1 aromatic heterocycles. The van der Waals surface area contributed by atoms with E-state index in [2.05, 4.69) is 5.32 Å². The van der Waals surface area contributed by atoms with Crippen molar-refractivity contribution in [3.63, 3.8) is 0 Å². The zero-order chi connectivity index (χ0) is 20.8. The Kier molecular flexibility index (Phi) is 7.16. The number of carbonyl (C=O) groups excluding carboxylic acids is 3. The zero-order valence-electron chi connectivity index (χ0n) is 16.2.